The molecule has 8 heavy (non-hydrogen) atoms. The van der Waals surface area contributed by atoms with Gasteiger partial charge in [-0.25, -0.2) is 4.79 Å². The number of cyclic esters (lactones) is 1. The lowest BCUT2D eigenvalue weighted by Crippen LogP contribution is -2.26. The molecule has 1 aliphatic heterocycles. The second kappa shape index (κ2) is 1.81. The number of alkyl carbamates (subject to hydrolysis) is 1. The molecule has 1 amide bonds. The summed E-state index contributed by atoms with van der Waals surface area (Å²) in [7, 11) is 0. The molecule has 0 aliphatic carbocycles. The lowest BCUT2D eigenvalue weighted by atomic mass is 10.4. The quantitative estimate of drug-likeness (QED) is 0.459. The molecule has 1 N–H and O–H groups in total. The SMILES string of the molecule is O=C[C@@H]1COC(=O)N1. The van der Waals surface area contributed by atoms with Gasteiger partial charge in [0.2, 0.25) is 0 Å². The molecule has 0 bridgehead atoms. The zero-order valence-electron chi connectivity index (χ0n) is 4.09. The van der Waals surface area contributed by atoms with Crippen LogP contribution in [0.2, 0.25) is 0 Å². The lowest BCUT2D eigenvalue weighted by Gasteiger charge is -1.89. The molecule has 4 heteroatoms. The van der Waals surface area contributed by atoms with Crippen molar-refractivity contribution in [2.24, 2.45) is 0 Å². The first-order valence-electron chi connectivity index (χ1n) is 2.21. The fourth-order valence-electron chi connectivity index (χ4n) is 0.473. The Morgan fingerprint density at radius 1 is 1.88 bits per heavy atom. The van der Waals surface area contributed by atoms with Gasteiger partial charge in [-0.1, -0.05) is 0 Å². The van der Waals surface area contributed by atoms with Gasteiger partial charge in [0.05, 0.1) is 0 Å². The van der Waals surface area contributed by atoms with E-state index in [0.29, 0.717) is 6.29 Å². The van der Waals surface area contributed by atoms with Crippen molar-refractivity contribution in [3.8, 4) is 0 Å². The van der Waals surface area contributed by atoms with E-state index in [9.17, 15) is 9.59 Å². The Morgan fingerprint density at radius 2 is 2.62 bits per heavy atom. The highest BCUT2D eigenvalue weighted by Crippen LogP contribution is 1.92. The van der Waals surface area contributed by atoms with Crippen molar-refractivity contribution < 1.29 is 14.3 Å². The maximum Gasteiger partial charge on any atom is 0.407 e. The second-order valence-corrected chi connectivity index (χ2v) is 1.49. The van der Waals surface area contributed by atoms with Crippen molar-refractivity contribution in [3.05, 3.63) is 0 Å². The van der Waals surface area contributed by atoms with Gasteiger partial charge in [0.25, 0.3) is 0 Å². The summed E-state index contributed by atoms with van der Waals surface area (Å²) < 4.78 is 4.38. The Morgan fingerprint density at radius 3 is 2.88 bits per heavy atom. The first-order valence-corrected chi connectivity index (χ1v) is 2.21. The van der Waals surface area contributed by atoms with Gasteiger partial charge >= 0.3 is 6.09 Å². The first kappa shape index (κ1) is 5.08. The van der Waals surface area contributed by atoms with Crippen LogP contribution in [-0.4, -0.2) is 25.0 Å². The minimum absolute atomic E-state index is 0.169. The van der Waals surface area contributed by atoms with Crippen LogP contribution in [0.4, 0.5) is 4.79 Å². The van der Waals surface area contributed by atoms with Crippen LogP contribution in [0.25, 0.3) is 0 Å². The normalized spacial score (nSPS) is 26.5. The van der Waals surface area contributed by atoms with E-state index in [0.717, 1.165) is 0 Å². The summed E-state index contributed by atoms with van der Waals surface area (Å²) in [5.41, 5.74) is 0. The molecule has 0 aromatic rings. The molecular formula is C4H5NO3. The molecule has 0 aromatic heterocycles. The molecule has 0 radical (unpaired) electrons. The van der Waals surface area contributed by atoms with Crippen molar-refractivity contribution in [2.45, 2.75) is 6.04 Å². The van der Waals surface area contributed by atoms with Crippen LogP contribution in [0.3, 0.4) is 0 Å². The molecule has 1 aliphatic rings. The summed E-state index contributed by atoms with van der Waals surface area (Å²) in [5.74, 6) is 0. The van der Waals surface area contributed by atoms with Crippen LogP contribution in [-0.2, 0) is 9.53 Å². The molecule has 0 aromatic carbocycles. The number of ether oxygens (including phenoxy) is 1. The molecule has 1 saturated heterocycles. The topological polar surface area (TPSA) is 55.4 Å². The lowest BCUT2D eigenvalue weighted by molar-refractivity contribution is -0.109. The van der Waals surface area contributed by atoms with Gasteiger partial charge in [-0.15, -0.1) is 0 Å². The van der Waals surface area contributed by atoms with Gasteiger partial charge in [0, 0.05) is 0 Å². The van der Waals surface area contributed by atoms with Gasteiger partial charge in [-0.3, -0.25) is 0 Å². The summed E-state index contributed by atoms with van der Waals surface area (Å²) >= 11 is 0. The molecule has 1 fully saturated rings. The highest BCUT2D eigenvalue weighted by atomic mass is 16.6. The number of amides is 1. The van der Waals surface area contributed by atoms with Crippen molar-refractivity contribution in [1.82, 2.24) is 5.32 Å². The molecular weight excluding hydrogens is 110 g/mol. The molecule has 4 nitrogen and oxygen atoms in total. The van der Waals surface area contributed by atoms with Crippen LogP contribution >= 0.6 is 0 Å². The standard InChI is InChI=1S/C4H5NO3/c6-1-3-2-8-4(7)5-3/h1,3H,2H2,(H,5,7)/t3-/m1/s1. The molecule has 1 rings (SSSR count). The number of carbonyl (C=O) groups excluding carboxylic acids is 2. The van der Waals surface area contributed by atoms with Gasteiger partial charge in [0.1, 0.15) is 18.9 Å². The van der Waals surface area contributed by atoms with Gasteiger partial charge in [-0.05, 0) is 0 Å². The third-order valence-corrected chi connectivity index (χ3v) is 0.861. The second-order valence-electron chi connectivity index (χ2n) is 1.49. The van der Waals surface area contributed by atoms with E-state index in [4.69, 9.17) is 0 Å². The summed E-state index contributed by atoms with van der Waals surface area (Å²) in [6, 6.07) is -0.428. The number of carbonyl (C=O) groups is 2. The predicted molar refractivity (Wildman–Crippen MR) is 24.3 cm³/mol. The molecule has 1 atom stereocenters. The number of hydrogen-bond acceptors (Lipinski definition) is 3. The van der Waals surface area contributed by atoms with Gasteiger partial charge < -0.3 is 14.8 Å². The van der Waals surface area contributed by atoms with E-state index in [1.54, 1.807) is 0 Å². The van der Waals surface area contributed by atoms with Crippen LogP contribution in [0, 0.1) is 0 Å². The summed E-state index contributed by atoms with van der Waals surface area (Å²) in [6.45, 7) is 0.169. The van der Waals surface area contributed by atoms with Crippen LogP contribution in [0.1, 0.15) is 0 Å². The third-order valence-electron chi connectivity index (χ3n) is 0.861. The van der Waals surface area contributed by atoms with Gasteiger partial charge in [-0.2, -0.15) is 0 Å². The van der Waals surface area contributed by atoms with E-state index in [-0.39, 0.29) is 6.61 Å². The molecule has 0 saturated carbocycles. The maximum absolute atomic E-state index is 10.1. The minimum Gasteiger partial charge on any atom is -0.447 e. The van der Waals surface area contributed by atoms with Gasteiger partial charge in [0.15, 0.2) is 0 Å². The number of rotatable bonds is 1. The highest BCUT2D eigenvalue weighted by molar-refractivity contribution is 5.76. The fourth-order valence-corrected chi connectivity index (χ4v) is 0.473. The first-order chi connectivity index (χ1) is 3.83. The van der Waals surface area contributed by atoms with Crippen LogP contribution in [0.5, 0.6) is 0 Å². The average Bonchev–Trinajstić information content (AvgIpc) is 2.14. The fraction of sp³-hybridized carbons (Fsp3) is 0.500. The molecule has 0 spiro atoms. The van der Waals surface area contributed by atoms with E-state index >= 15 is 0 Å². The minimum atomic E-state index is -0.512. The Hall–Kier alpha value is -1.06. The smallest absolute Gasteiger partial charge is 0.407 e. The largest absolute Gasteiger partial charge is 0.447 e. The van der Waals surface area contributed by atoms with E-state index in [1.807, 2.05) is 0 Å². The number of nitrogens with one attached hydrogen (secondary N) is 1. The molecule has 44 valence electrons. The van der Waals surface area contributed by atoms with Crippen molar-refractivity contribution >= 4 is 12.4 Å². The van der Waals surface area contributed by atoms with Crippen LogP contribution in [0.15, 0.2) is 0 Å². The maximum atomic E-state index is 10.1. The monoisotopic (exact) mass is 115 g/mol. The van der Waals surface area contributed by atoms with E-state index in [1.165, 1.54) is 0 Å². The Balaban J connectivity index is 2.43. The molecule has 1 heterocycles. The Kier molecular flexibility index (Phi) is 1.15. The van der Waals surface area contributed by atoms with Crippen molar-refractivity contribution in [1.29, 1.82) is 0 Å². The Labute approximate surface area is 45.8 Å². The third kappa shape index (κ3) is 0.776. The summed E-state index contributed by atoms with van der Waals surface area (Å²) in [4.78, 5) is 20.0. The average molecular weight is 115 g/mol. The Bertz CT molecular complexity index is 122. The summed E-state index contributed by atoms with van der Waals surface area (Å²) in [5, 5.41) is 2.27. The number of hydrogen-bond donors (Lipinski definition) is 1. The zero-order valence-corrected chi connectivity index (χ0v) is 4.09. The number of aldehydes is 1. The predicted octanol–water partition coefficient (Wildman–Crippen LogP) is -0.706. The highest BCUT2D eigenvalue weighted by Gasteiger charge is 2.20. The van der Waals surface area contributed by atoms with E-state index in [2.05, 4.69) is 10.1 Å². The van der Waals surface area contributed by atoms with Crippen molar-refractivity contribution in [3.63, 3.8) is 0 Å². The van der Waals surface area contributed by atoms with Crippen molar-refractivity contribution in [2.75, 3.05) is 6.61 Å². The zero-order chi connectivity index (χ0) is 5.98. The molecule has 0 unspecified atom stereocenters. The van der Waals surface area contributed by atoms with E-state index < -0.39 is 12.1 Å². The summed E-state index contributed by atoms with van der Waals surface area (Å²) in [6.07, 6.45) is 0.132. The van der Waals surface area contributed by atoms with Crippen LogP contribution < -0.4 is 5.32 Å².